The number of hydrogen-bond acceptors (Lipinski definition) is 0. The Morgan fingerprint density at radius 1 is 0.533 bits per heavy atom. The van der Waals surface area contributed by atoms with Gasteiger partial charge in [-0.05, 0) is 54.9 Å². The van der Waals surface area contributed by atoms with E-state index in [0.717, 1.165) is 0 Å². The molecular weight excluding hydrogens is 360 g/mol. The van der Waals surface area contributed by atoms with E-state index in [2.05, 4.69) is 61.5 Å². The zero-order valence-electron chi connectivity index (χ0n) is 19.7. The quantitative estimate of drug-likeness (QED) is 0.170. The molecule has 0 amide bonds. The van der Waals surface area contributed by atoms with Crippen LogP contribution in [0.3, 0.4) is 0 Å². The van der Waals surface area contributed by atoms with Gasteiger partial charge in [0.1, 0.15) is 0 Å². The van der Waals surface area contributed by atoms with Gasteiger partial charge in [0.05, 0.1) is 0 Å². The normalized spacial score (nSPS) is 11.6. The third kappa shape index (κ3) is 11.6. The summed E-state index contributed by atoms with van der Waals surface area (Å²) in [5, 5.41) is 2.73. The molecule has 2 aromatic carbocycles. The molecule has 0 aliphatic carbocycles. The summed E-state index contributed by atoms with van der Waals surface area (Å²) in [5.74, 6) is 0. The summed E-state index contributed by atoms with van der Waals surface area (Å²) in [4.78, 5) is 0. The number of benzene rings is 2. The van der Waals surface area contributed by atoms with Crippen LogP contribution < -0.4 is 0 Å². The van der Waals surface area contributed by atoms with Crippen molar-refractivity contribution in [3.05, 3.63) is 60.2 Å². The van der Waals surface area contributed by atoms with Gasteiger partial charge in [0.2, 0.25) is 0 Å². The van der Waals surface area contributed by atoms with Crippen LogP contribution in [0.25, 0.3) is 10.8 Å². The summed E-state index contributed by atoms with van der Waals surface area (Å²) >= 11 is 0. The molecule has 0 aliphatic rings. The lowest BCUT2D eigenvalue weighted by Gasteiger charge is -2.04. The van der Waals surface area contributed by atoms with E-state index in [-0.39, 0.29) is 0 Å². The third-order valence-corrected chi connectivity index (χ3v) is 6.29. The lowest BCUT2D eigenvalue weighted by atomic mass is 10.0. The molecule has 0 fully saturated rings. The molecule has 0 bridgehead atoms. The Morgan fingerprint density at radius 3 is 1.70 bits per heavy atom. The van der Waals surface area contributed by atoms with Crippen LogP contribution in [0, 0.1) is 0 Å². The minimum Gasteiger partial charge on any atom is -0.0885 e. The molecule has 0 N–H and O–H groups in total. The second-order valence-electron chi connectivity index (χ2n) is 9.08. The molecule has 0 saturated carbocycles. The second kappa shape index (κ2) is 17.2. The average Bonchev–Trinajstić information content (AvgIpc) is 2.78. The van der Waals surface area contributed by atoms with Crippen molar-refractivity contribution in [1.82, 2.24) is 0 Å². The predicted octanol–water partition coefficient (Wildman–Crippen LogP) is 10.2. The van der Waals surface area contributed by atoms with Crippen LogP contribution in [0.15, 0.2) is 54.6 Å². The van der Waals surface area contributed by atoms with Crippen LogP contribution >= 0.6 is 0 Å². The van der Waals surface area contributed by atoms with Crippen molar-refractivity contribution in [1.29, 1.82) is 0 Å². The Balaban J connectivity index is 1.35. The Kier molecular flexibility index (Phi) is 14.1. The maximum atomic E-state index is 2.43. The molecule has 166 valence electrons. The average molecular weight is 407 g/mol. The van der Waals surface area contributed by atoms with Gasteiger partial charge in [-0.1, -0.05) is 132 Å². The van der Waals surface area contributed by atoms with E-state index in [1.807, 2.05) is 0 Å². The first-order valence-corrected chi connectivity index (χ1v) is 13.0. The van der Waals surface area contributed by atoms with E-state index < -0.39 is 0 Å². The molecule has 0 atom stereocenters. The lowest BCUT2D eigenvalue weighted by Crippen LogP contribution is -1.86. The molecule has 2 aromatic rings. The Bertz CT molecular complexity index is 681. The van der Waals surface area contributed by atoms with E-state index in [1.165, 1.54) is 125 Å². The Labute approximate surface area is 187 Å². The molecule has 0 aromatic heterocycles. The van der Waals surface area contributed by atoms with Crippen LogP contribution in [0.4, 0.5) is 0 Å². The van der Waals surface area contributed by atoms with Gasteiger partial charge in [-0.15, -0.1) is 0 Å². The zero-order chi connectivity index (χ0) is 21.1. The number of aryl methyl sites for hydroxylation is 1. The van der Waals surface area contributed by atoms with Crippen molar-refractivity contribution in [3.63, 3.8) is 0 Å². The number of hydrogen-bond donors (Lipinski definition) is 0. The van der Waals surface area contributed by atoms with Gasteiger partial charge in [0, 0.05) is 0 Å². The van der Waals surface area contributed by atoms with E-state index in [4.69, 9.17) is 0 Å². The molecular formula is C30H46. The monoisotopic (exact) mass is 406 g/mol. The minimum atomic E-state index is 1.22. The van der Waals surface area contributed by atoms with Gasteiger partial charge in [-0.25, -0.2) is 0 Å². The fraction of sp³-hybridized carbons (Fsp3) is 0.600. The van der Waals surface area contributed by atoms with Crippen LogP contribution in [-0.4, -0.2) is 0 Å². The number of rotatable bonds is 18. The minimum absolute atomic E-state index is 1.22. The summed E-state index contributed by atoms with van der Waals surface area (Å²) in [6.07, 6.45) is 28.4. The van der Waals surface area contributed by atoms with Gasteiger partial charge in [-0.3, -0.25) is 0 Å². The lowest BCUT2D eigenvalue weighted by molar-refractivity contribution is 0.557. The molecule has 0 saturated heterocycles. The van der Waals surface area contributed by atoms with Gasteiger partial charge in [-0.2, -0.15) is 0 Å². The first kappa shape index (κ1) is 24.7. The van der Waals surface area contributed by atoms with E-state index in [0.29, 0.717) is 0 Å². The summed E-state index contributed by atoms with van der Waals surface area (Å²) in [7, 11) is 0. The van der Waals surface area contributed by atoms with Crippen molar-refractivity contribution in [2.45, 2.75) is 116 Å². The van der Waals surface area contributed by atoms with Crippen molar-refractivity contribution >= 4 is 10.8 Å². The fourth-order valence-electron chi connectivity index (χ4n) is 4.32. The molecule has 0 spiro atoms. The third-order valence-electron chi connectivity index (χ3n) is 6.29. The number of fused-ring (bicyclic) bond motifs is 1. The van der Waals surface area contributed by atoms with E-state index in [9.17, 15) is 0 Å². The van der Waals surface area contributed by atoms with Crippen LogP contribution in [0.5, 0.6) is 0 Å². The van der Waals surface area contributed by atoms with Gasteiger partial charge in [0.25, 0.3) is 0 Å². The molecule has 0 heteroatoms. The van der Waals surface area contributed by atoms with Crippen molar-refractivity contribution in [3.8, 4) is 0 Å². The fourth-order valence-corrected chi connectivity index (χ4v) is 4.32. The first-order chi connectivity index (χ1) is 14.9. The summed E-state index contributed by atoms with van der Waals surface area (Å²) in [6, 6.07) is 15.6. The van der Waals surface area contributed by atoms with Gasteiger partial charge in [0.15, 0.2) is 0 Å². The number of unbranched alkanes of at least 4 members (excludes halogenated alkanes) is 14. The Morgan fingerprint density at radius 2 is 1.07 bits per heavy atom. The van der Waals surface area contributed by atoms with E-state index >= 15 is 0 Å². The Hall–Kier alpha value is -1.56. The summed E-state index contributed by atoms with van der Waals surface area (Å²) < 4.78 is 0. The largest absolute Gasteiger partial charge is 0.0885 e. The highest BCUT2D eigenvalue weighted by molar-refractivity contribution is 5.82. The highest BCUT2D eigenvalue weighted by Gasteiger charge is 1.97. The summed E-state index contributed by atoms with van der Waals surface area (Å²) in [6.45, 7) is 2.29. The van der Waals surface area contributed by atoms with Crippen molar-refractivity contribution in [2.75, 3.05) is 0 Å². The molecule has 0 nitrogen and oxygen atoms in total. The van der Waals surface area contributed by atoms with Crippen molar-refractivity contribution in [2.24, 2.45) is 0 Å². The zero-order valence-corrected chi connectivity index (χ0v) is 19.7. The maximum Gasteiger partial charge on any atom is -0.0181 e. The smallest absolute Gasteiger partial charge is 0.0181 e. The topological polar surface area (TPSA) is 0 Å². The molecule has 0 radical (unpaired) electrons. The van der Waals surface area contributed by atoms with Crippen molar-refractivity contribution < 1.29 is 0 Å². The standard InChI is InChI=1S/C30H46/c1-2-3-4-5-6-7-8-9-10-11-12-13-14-15-16-17-18-19-22-28-25-26-29-23-20-21-24-30(29)27-28/h13-14,20-21,23-27H,2-12,15-19,22H2,1H3/b14-13+. The van der Waals surface area contributed by atoms with Gasteiger partial charge >= 0.3 is 0 Å². The first-order valence-electron chi connectivity index (χ1n) is 13.0. The maximum absolute atomic E-state index is 2.43. The SMILES string of the molecule is CCCCCCCCCCCC/C=C/CCCCCCc1ccc2ccccc2c1. The molecule has 2 rings (SSSR count). The van der Waals surface area contributed by atoms with Crippen LogP contribution in [0.2, 0.25) is 0 Å². The second-order valence-corrected chi connectivity index (χ2v) is 9.08. The molecule has 30 heavy (non-hydrogen) atoms. The highest BCUT2D eigenvalue weighted by atomic mass is 14.0. The molecule has 0 aliphatic heterocycles. The molecule has 0 unspecified atom stereocenters. The van der Waals surface area contributed by atoms with Crippen LogP contribution in [0.1, 0.15) is 115 Å². The number of allylic oxidation sites excluding steroid dienone is 2. The highest BCUT2D eigenvalue weighted by Crippen LogP contribution is 2.18. The van der Waals surface area contributed by atoms with E-state index in [1.54, 1.807) is 0 Å². The molecule has 0 heterocycles. The predicted molar refractivity (Wildman–Crippen MR) is 136 cm³/mol. The van der Waals surface area contributed by atoms with Gasteiger partial charge < -0.3 is 0 Å². The summed E-state index contributed by atoms with van der Waals surface area (Å²) in [5.41, 5.74) is 1.49. The van der Waals surface area contributed by atoms with Crippen LogP contribution in [-0.2, 0) is 6.42 Å².